The molecule has 20 heavy (non-hydrogen) atoms. The molecule has 1 unspecified atom stereocenters. The molecule has 0 bridgehead atoms. The molecule has 5 heteroatoms. The maximum atomic E-state index is 5.50. The van der Waals surface area contributed by atoms with Crippen molar-refractivity contribution in [3.63, 3.8) is 0 Å². The summed E-state index contributed by atoms with van der Waals surface area (Å²) in [4.78, 5) is 10.1. The van der Waals surface area contributed by atoms with Crippen LogP contribution < -0.4 is 5.32 Å². The van der Waals surface area contributed by atoms with Crippen LogP contribution in [0, 0.1) is 13.8 Å². The third-order valence-corrected chi connectivity index (χ3v) is 4.45. The van der Waals surface area contributed by atoms with E-state index in [0.29, 0.717) is 0 Å². The number of nitrogens with zero attached hydrogens (tertiary/aromatic N) is 2. The van der Waals surface area contributed by atoms with Gasteiger partial charge in [0.25, 0.3) is 0 Å². The number of anilines is 1. The summed E-state index contributed by atoms with van der Waals surface area (Å²) < 4.78 is 5.50. The number of hydrogen-bond donors (Lipinski definition) is 1. The highest BCUT2D eigenvalue weighted by atomic mass is 32.1. The second-order valence-electron chi connectivity index (χ2n) is 5.93. The highest BCUT2D eigenvalue weighted by Gasteiger charge is 2.21. The van der Waals surface area contributed by atoms with Gasteiger partial charge in [0.15, 0.2) is 0 Å². The van der Waals surface area contributed by atoms with E-state index in [-0.39, 0.29) is 11.6 Å². The van der Waals surface area contributed by atoms with E-state index in [2.05, 4.69) is 48.4 Å². The molecule has 2 rings (SSSR count). The van der Waals surface area contributed by atoms with Gasteiger partial charge >= 0.3 is 0 Å². The summed E-state index contributed by atoms with van der Waals surface area (Å²) in [6, 6.07) is 0.279. The predicted molar refractivity (Wildman–Crippen MR) is 85.7 cm³/mol. The lowest BCUT2D eigenvalue weighted by Gasteiger charge is -2.27. The molecule has 0 amide bonds. The number of rotatable bonds is 5. The Labute approximate surface area is 124 Å². The molecule has 0 spiro atoms. The van der Waals surface area contributed by atoms with Crippen LogP contribution in [-0.2, 0) is 4.74 Å². The summed E-state index contributed by atoms with van der Waals surface area (Å²) in [6.45, 7) is 10.4. The summed E-state index contributed by atoms with van der Waals surface area (Å²) in [5.41, 5.74) is 1.09. The zero-order valence-corrected chi connectivity index (χ0v) is 13.9. The van der Waals surface area contributed by atoms with E-state index in [1.165, 1.54) is 5.56 Å². The highest BCUT2D eigenvalue weighted by Crippen LogP contribution is 2.30. The average molecular weight is 293 g/mol. The van der Waals surface area contributed by atoms with Crippen molar-refractivity contribution in [3.05, 3.63) is 16.8 Å². The van der Waals surface area contributed by atoms with Crippen molar-refractivity contribution >= 4 is 27.4 Å². The predicted octanol–water partition coefficient (Wildman–Crippen LogP) is 3.92. The van der Waals surface area contributed by atoms with Crippen LogP contribution in [-0.4, -0.2) is 28.7 Å². The molecule has 0 aromatic carbocycles. The molecule has 1 atom stereocenters. The molecule has 110 valence electrons. The summed E-state index contributed by atoms with van der Waals surface area (Å²) >= 11 is 1.67. The summed E-state index contributed by atoms with van der Waals surface area (Å²) in [7, 11) is 1.75. The van der Waals surface area contributed by atoms with Crippen LogP contribution in [0.15, 0.2) is 5.38 Å². The quantitative estimate of drug-likeness (QED) is 0.907. The number of aromatic nitrogens is 2. The molecular weight excluding hydrogens is 270 g/mol. The molecule has 0 aliphatic heterocycles. The SMILES string of the molecule is COC(C)(C)CC(C)Nc1nc(C)nc2scc(C)c12. The Morgan fingerprint density at radius 3 is 2.70 bits per heavy atom. The fourth-order valence-corrected chi connectivity index (χ4v) is 3.37. The summed E-state index contributed by atoms with van der Waals surface area (Å²) in [5, 5.41) is 6.79. The second kappa shape index (κ2) is 5.66. The molecule has 1 N–H and O–H groups in total. The van der Waals surface area contributed by atoms with Crippen LogP contribution in [0.25, 0.3) is 10.2 Å². The monoisotopic (exact) mass is 293 g/mol. The number of fused-ring (bicyclic) bond motifs is 1. The van der Waals surface area contributed by atoms with E-state index >= 15 is 0 Å². The van der Waals surface area contributed by atoms with Gasteiger partial charge in [-0.25, -0.2) is 9.97 Å². The number of thiophene rings is 1. The van der Waals surface area contributed by atoms with Gasteiger partial charge in [-0.05, 0) is 52.0 Å². The maximum absolute atomic E-state index is 5.50. The highest BCUT2D eigenvalue weighted by molar-refractivity contribution is 7.17. The first kappa shape index (κ1) is 15.2. The Balaban J connectivity index is 2.27. The zero-order chi connectivity index (χ0) is 14.9. The third-order valence-electron chi connectivity index (χ3n) is 3.46. The largest absolute Gasteiger partial charge is 0.379 e. The van der Waals surface area contributed by atoms with E-state index in [1.54, 1.807) is 18.4 Å². The van der Waals surface area contributed by atoms with Gasteiger partial charge in [-0.1, -0.05) is 0 Å². The number of nitrogens with one attached hydrogen (secondary N) is 1. The molecule has 0 aliphatic rings. The van der Waals surface area contributed by atoms with Gasteiger partial charge in [0.05, 0.1) is 11.0 Å². The average Bonchev–Trinajstić information content (AvgIpc) is 2.70. The number of methoxy groups -OCH3 is 1. The standard InChI is InChI=1S/C15H23N3OS/c1-9-8-20-14-12(9)13(17-11(3)18-14)16-10(2)7-15(4,5)19-6/h8,10H,7H2,1-6H3,(H,16,17,18). The van der Waals surface area contributed by atoms with Crippen molar-refractivity contribution in [2.45, 2.75) is 52.7 Å². The molecule has 4 nitrogen and oxygen atoms in total. The fraction of sp³-hybridized carbons (Fsp3) is 0.600. The van der Waals surface area contributed by atoms with Crippen LogP contribution >= 0.6 is 11.3 Å². The Kier molecular flexibility index (Phi) is 4.30. The van der Waals surface area contributed by atoms with Gasteiger partial charge in [-0.2, -0.15) is 0 Å². The van der Waals surface area contributed by atoms with Crippen LogP contribution in [0.4, 0.5) is 5.82 Å². The Bertz CT molecular complexity index is 606. The normalized spacial score (nSPS) is 13.7. The number of hydrogen-bond acceptors (Lipinski definition) is 5. The molecular formula is C15H23N3OS. The molecule has 2 heterocycles. The maximum Gasteiger partial charge on any atom is 0.138 e. The van der Waals surface area contributed by atoms with Gasteiger partial charge in [0.1, 0.15) is 16.5 Å². The minimum Gasteiger partial charge on any atom is -0.379 e. The fourth-order valence-electron chi connectivity index (χ4n) is 2.40. The van der Waals surface area contributed by atoms with Crippen molar-refractivity contribution in [2.75, 3.05) is 12.4 Å². The molecule has 0 fully saturated rings. The van der Waals surface area contributed by atoms with Crippen molar-refractivity contribution in [1.29, 1.82) is 0 Å². The van der Waals surface area contributed by atoms with Crippen LogP contribution in [0.1, 0.15) is 38.6 Å². The van der Waals surface area contributed by atoms with Gasteiger partial charge in [0, 0.05) is 13.2 Å². The third kappa shape index (κ3) is 3.27. The first-order valence-electron chi connectivity index (χ1n) is 6.86. The van der Waals surface area contributed by atoms with Gasteiger partial charge < -0.3 is 10.1 Å². The molecule has 0 saturated heterocycles. The molecule has 2 aromatic rings. The van der Waals surface area contributed by atoms with E-state index < -0.39 is 0 Å². The van der Waals surface area contributed by atoms with Gasteiger partial charge in [0.2, 0.25) is 0 Å². The Morgan fingerprint density at radius 2 is 2.05 bits per heavy atom. The summed E-state index contributed by atoms with van der Waals surface area (Å²) in [6.07, 6.45) is 0.914. The van der Waals surface area contributed by atoms with Crippen molar-refractivity contribution in [1.82, 2.24) is 9.97 Å². The molecule has 2 aromatic heterocycles. The Hall–Kier alpha value is -1.20. The van der Waals surface area contributed by atoms with E-state index in [4.69, 9.17) is 4.74 Å². The Morgan fingerprint density at radius 1 is 1.35 bits per heavy atom. The van der Waals surface area contributed by atoms with Crippen LogP contribution in [0.5, 0.6) is 0 Å². The van der Waals surface area contributed by atoms with Crippen LogP contribution in [0.3, 0.4) is 0 Å². The lowest BCUT2D eigenvalue weighted by molar-refractivity contribution is 0.0128. The zero-order valence-electron chi connectivity index (χ0n) is 13.1. The van der Waals surface area contributed by atoms with Gasteiger partial charge in [-0.3, -0.25) is 0 Å². The van der Waals surface area contributed by atoms with E-state index in [9.17, 15) is 0 Å². The van der Waals surface area contributed by atoms with Crippen molar-refractivity contribution < 1.29 is 4.74 Å². The van der Waals surface area contributed by atoms with Gasteiger partial charge in [-0.15, -0.1) is 11.3 Å². The van der Waals surface area contributed by atoms with Crippen molar-refractivity contribution in [3.8, 4) is 0 Å². The van der Waals surface area contributed by atoms with E-state index in [1.807, 2.05) is 6.92 Å². The molecule has 0 saturated carbocycles. The minimum absolute atomic E-state index is 0.142. The number of aryl methyl sites for hydroxylation is 2. The topological polar surface area (TPSA) is 47.0 Å². The van der Waals surface area contributed by atoms with Crippen LogP contribution in [0.2, 0.25) is 0 Å². The first-order chi connectivity index (χ1) is 9.32. The van der Waals surface area contributed by atoms with Crippen molar-refractivity contribution in [2.24, 2.45) is 0 Å². The lowest BCUT2D eigenvalue weighted by atomic mass is 10.00. The second-order valence-corrected chi connectivity index (χ2v) is 6.79. The molecule has 0 aliphatic carbocycles. The number of ether oxygens (including phenoxy) is 1. The molecule has 0 radical (unpaired) electrons. The first-order valence-corrected chi connectivity index (χ1v) is 7.74. The smallest absolute Gasteiger partial charge is 0.138 e. The van der Waals surface area contributed by atoms with E-state index in [0.717, 1.165) is 28.3 Å². The lowest BCUT2D eigenvalue weighted by Crippen LogP contribution is -2.31. The minimum atomic E-state index is -0.142. The summed E-state index contributed by atoms with van der Waals surface area (Å²) in [5.74, 6) is 1.74.